The molecule has 25 heavy (non-hydrogen) atoms. The zero-order chi connectivity index (χ0) is 17.8. The number of nitrogens with one attached hydrogen (secondary N) is 1. The van der Waals surface area contributed by atoms with E-state index < -0.39 is 0 Å². The van der Waals surface area contributed by atoms with Crippen molar-refractivity contribution in [2.75, 3.05) is 6.61 Å². The Labute approximate surface area is 147 Å². The van der Waals surface area contributed by atoms with E-state index in [1.807, 2.05) is 33.9 Å². The molecule has 0 radical (unpaired) electrons. The summed E-state index contributed by atoms with van der Waals surface area (Å²) in [4.78, 5) is 17.6. The van der Waals surface area contributed by atoms with Crippen LogP contribution in [0.3, 0.4) is 0 Å². The van der Waals surface area contributed by atoms with Crippen molar-refractivity contribution in [3.8, 4) is 0 Å². The first-order valence-corrected chi connectivity index (χ1v) is 9.19. The van der Waals surface area contributed by atoms with Crippen LogP contribution in [-0.4, -0.2) is 39.4 Å². The van der Waals surface area contributed by atoms with E-state index in [4.69, 9.17) is 4.74 Å². The quantitative estimate of drug-likeness (QED) is 0.927. The highest BCUT2D eigenvalue weighted by atomic mass is 16.5. The van der Waals surface area contributed by atoms with Crippen LogP contribution in [0.4, 0.5) is 0 Å². The van der Waals surface area contributed by atoms with Crippen LogP contribution in [0.2, 0.25) is 0 Å². The molecule has 2 heterocycles. The highest BCUT2D eigenvalue weighted by molar-refractivity contribution is 6.06. The second kappa shape index (κ2) is 5.80. The van der Waals surface area contributed by atoms with Crippen LogP contribution >= 0.6 is 0 Å². The van der Waals surface area contributed by atoms with Crippen molar-refractivity contribution in [1.29, 1.82) is 0 Å². The summed E-state index contributed by atoms with van der Waals surface area (Å²) in [6, 6.07) is 2.09. The zero-order valence-corrected chi connectivity index (χ0v) is 15.4. The number of rotatable bonds is 4. The monoisotopic (exact) mass is 342 g/mol. The number of hydrogen-bond donors (Lipinski definition) is 1. The molecule has 2 aromatic rings. The van der Waals surface area contributed by atoms with Gasteiger partial charge in [0.1, 0.15) is 0 Å². The Morgan fingerprint density at radius 2 is 2.20 bits per heavy atom. The lowest BCUT2D eigenvalue weighted by Crippen LogP contribution is -2.67. The van der Waals surface area contributed by atoms with Gasteiger partial charge < -0.3 is 10.1 Å². The minimum Gasteiger partial charge on any atom is -0.378 e. The predicted octanol–water partition coefficient (Wildman–Crippen LogP) is 2.66. The van der Waals surface area contributed by atoms with Gasteiger partial charge in [0, 0.05) is 30.8 Å². The van der Waals surface area contributed by atoms with E-state index in [1.54, 1.807) is 4.68 Å². The lowest BCUT2D eigenvalue weighted by Gasteiger charge is -2.61. The minimum atomic E-state index is -0.0159. The van der Waals surface area contributed by atoms with Gasteiger partial charge in [0.25, 0.3) is 5.91 Å². The van der Waals surface area contributed by atoms with Crippen LogP contribution in [0.15, 0.2) is 6.07 Å². The van der Waals surface area contributed by atoms with Gasteiger partial charge >= 0.3 is 0 Å². The molecule has 0 bridgehead atoms. The summed E-state index contributed by atoms with van der Waals surface area (Å²) in [6.45, 7) is 6.63. The summed E-state index contributed by atoms with van der Waals surface area (Å²) < 4.78 is 7.64. The predicted molar refractivity (Wildman–Crippen MR) is 95.6 cm³/mol. The molecule has 2 aromatic heterocycles. The van der Waals surface area contributed by atoms with Gasteiger partial charge in [-0.1, -0.05) is 6.42 Å². The van der Waals surface area contributed by atoms with E-state index in [0.717, 1.165) is 48.3 Å². The number of pyridine rings is 1. The van der Waals surface area contributed by atoms with Gasteiger partial charge in [-0.2, -0.15) is 5.10 Å². The molecule has 6 nitrogen and oxygen atoms in total. The van der Waals surface area contributed by atoms with Crippen molar-refractivity contribution in [2.45, 2.75) is 58.6 Å². The molecule has 134 valence electrons. The van der Waals surface area contributed by atoms with Crippen LogP contribution in [0, 0.1) is 19.3 Å². The summed E-state index contributed by atoms with van der Waals surface area (Å²) in [5.41, 5.74) is 3.29. The van der Waals surface area contributed by atoms with Gasteiger partial charge in [-0.15, -0.1) is 0 Å². The first-order valence-electron chi connectivity index (χ1n) is 9.19. The normalized spacial score (nSPS) is 24.2. The molecule has 1 spiro atoms. The molecule has 0 saturated heterocycles. The second-order valence-electron chi connectivity index (χ2n) is 7.51. The van der Waals surface area contributed by atoms with Crippen molar-refractivity contribution in [3.63, 3.8) is 0 Å². The first kappa shape index (κ1) is 16.5. The summed E-state index contributed by atoms with van der Waals surface area (Å²) >= 11 is 0. The molecule has 2 aliphatic carbocycles. The number of aromatic nitrogens is 3. The molecule has 0 aliphatic heterocycles. The number of amides is 1. The fourth-order valence-electron chi connectivity index (χ4n) is 4.63. The summed E-state index contributed by atoms with van der Waals surface area (Å²) in [6.07, 6.45) is 4.75. The molecular formula is C19H26N4O2. The second-order valence-corrected chi connectivity index (χ2v) is 7.51. The Morgan fingerprint density at radius 3 is 2.84 bits per heavy atom. The highest BCUT2D eigenvalue weighted by Gasteiger charge is 2.59. The third-order valence-corrected chi connectivity index (χ3v) is 6.08. The van der Waals surface area contributed by atoms with E-state index >= 15 is 0 Å². The molecule has 2 aliphatic rings. The molecule has 0 aromatic carbocycles. The SMILES string of the molecule is CCO[C@@H]1C[C@@H](NC(=O)c2cc(C)nc3c2c(C)nn3C)C12CCC2. The molecule has 2 saturated carbocycles. The summed E-state index contributed by atoms with van der Waals surface area (Å²) in [5.74, 6) is -0.0159. The van der Waals surface area contributed by atoms with Crippen LogP contribution in [0.25, 0.3) is 11.0 Å². The molecule has 1 N–H and O–H groups in total. The Morgan fingerprint density at radius 1 is 1.44 bits per heavy atom. The third kappa shape index (κ3) is 2.38. The Balaban J connectivity index is 1.61. The minimum absolute atomic E-state index is 0.0159. The number of hydrogen-bond acceptors (Lipinski definition) is 4. The fraction of sp³-hybridized carbons (Fsp3) is 0.632. The standard InChI is InChI=1S/C19H26N4O2/c1-5-25-15-10-14(19(15)7-6-8-19)21-18(24)13-9-11(2)20-17-16(13)12(3)22-23(17)4/h9,14-15H,5-8,10H2,1-4H3,(H,21,24)/t14-,15-/m1/s1. The number of nitrogens with zero attached hydrogens (tertiary/aromatic N) is 3. The lowest BCUT2D eigenvalue weighted by atomic mass is 9.51. The van der Waals surface area contributed by atoms with E-state index in [2.05, 4.69) is 15.4 Å². The summed E-state index contributed by atoms with van der Waals surface area (Å²) in [5, 5.41) is 8.58. The first-order chi connectivity index (χ1) is 12.0. The zero-order valence-electron chi connectivity index (χ0n) is 15.4. The van der Waals surface area contributed by atoms with E-state index in [0.29, 0.717) is 11.7 Å². The molecule has 6 heteroatoms. The van der Waals surface area contributed by atoms with Gasteiger partial charge in [-0.05, 0) is 46.1 Å². The van der Waals surface area contributed by atoms with Crippen molar-refractivity contribution >= 4 is 16.9 Å². The van der Waals surface area contributed by atoms with Gasteiger partial charge in [0.15, 0.2) is 5.65 Å². The van der Waals surface area contributed by atoms with Gasteiger partial charge in [-0.3, -0.25) is 9.48 Å². The van der Waals surface area contributed by atoms with Crippen molar-refractivity contribution in [3.05, 3.63) is 23.0 Å². The van der Waals surface area contributed by atoms with Crippen molar-refractivity contribution < 1.29 is 9.53 Å². The molecule has 0 unspecified atom stereocenters. The van der Waals surface area contributed by atoms with E-state index in [1.165, 1.54) is 6.42 Å². The van der Waals surface area contributed by atoms with Crippen molar-refractivity contribution in [1.82, 2.24) is 20.1 Å². The van der Waals surface area contributed by atoms with Crippen LogP contribution in [0.5, 0.6) is 0 Å². The number of carbonyl (C=O) groups excluding carboxylic acids is 1. The molecule has 2 fully saturated rings. The van der Waals surface area contributed by atoms with Crippen LogP contribution < -0.4 is 5.32 Å². The molecule has 2 atom stereocenters. The number of ether oxygens (including phenoxy) is 1. The fourth-order valence-corrected chi connectivity index (χ4v) is 4.63. The van der Waals surface area contributed by atoms with Crippen molar-refractivity contribution in [2.24, 2.45) is 12.5 Å². The smallest absolute Gasteiger partial charge is 0.252 e. The maximum atomic E-state index is 13.1. The van der Waals surface area contributed by atoms with Gasteiger partial charge in [-0.25, -0.2) is 4.98 Å². The number of fused-ring (bicyclic) bond motifs is 1. The maximum Gasteiger partial charge on any atom is 0.252 e. The van der Waals surface area contributed by atoms with Crippen LogP contribution in [-0.2, 0) is 11.8 Å². The van der Waals surface area contributed by atoms with E-state index in [9.17, 15) is 4.79 Å². The molecular weight excluding hydrogens is 316 g/mol. The Bertz CT molecular complexity index is 838. The van der Waals surface area contributed by atoms with Gasteiger partial charge in [0.2, 0.25) is 0 Å². The Kier molecular flexibility index (Phi) is 3.83. The molecule has 4 rings (SSSR count). The highest BCUT2D eigenvalue weighted by Crippen LogP contribution is 2.57. The Hall–Kier alpha value is -1.95. The average molecular weight is 342 g/mol. The van der Waals surface area contributed by atoms with E-state index in [-0.39, 0.29) is 17.4 Å². The topological polar surface area (TPSA) is 69.0 Å². The summed E-state index contributed by atoms with van der Waals surface area (Å²) in [7, 11) is 1.87. The maximum absolute atomic E-state index is 13.1. The largest absolute Gasteiger partial charge is 0.378 e. The average Bonchev–Trinajstić information content (AvgIpc) is 2.78. The lowest BCUT2D eigenvalue weighted by molar-refractivity contribution is -0.169. The number of carbonyl (C=O) groups is 1. The number of aryl methyl sites for hydroxylation is 3. The van der Waals surface area contributed by atoms with Crippen LogP contribution in [0.1, 0.15) is 54.4 Å². The molecule has 1 amide bonds. The third-order valence-electron chi connectivity index (χ3n) is 6.08. The van der Waals surface area contributed by atoms with Gasteiger partial charge in [0.05, 0.1) is 22.7 Å².